The summed E-state index contributed by atoms with van der Waals surface area (Å²) in [5.74, 6) is 0. The first-order chi connectivity index (χ1) is 6.16. The third kappa shape index (κ3) is 9.20. The zero-order valence-electron chi connectivity index (χ0n) is 7.60. The van der Waals surface area contributed by atoms with Crippen LogP contribution in [0.4, 0.5) is 0 Å². The highest BCUT2D eigenvalue weighted by Crippen LogP contribution is 2.00. The maximum atomic E-state index is 8.78. The normalized spacial score (nSPS) is 11.3. The molecule has 2 N–H and O–H groups in total. The standard InChI is InChI=1S/C9H12.H3NO2S/c1-2-6-9-7-4-3-5-8-9;1-4(2)3/h3-5,7-8H,2,6H2,1H3;1H2,(H,2,3)/p-1. The number of hydrogen-bond donors (Lipinski definition) is 1. The Bertz CT molecular complexity index is 235. The van der Waals surface area contributed by atoms with Gasteiger partial charge >= 0.3 is 0 Å². The first kappa shape index (κ1) is 12.3. The molecule has 0 aromatic heterocycles. The van der Waals surface area contributed by atoms with Gasteiger partial charge in [-0.3, -0.25) is 9.35 Å². The van der Waals surface area contributed by atoms with Gasteiger partial charge in [0, 0.05) is 11.3 Å². The van der Waals surface area contributed by atoms with Crippen molar-refractivity contribution in [2.24, 2.45) is 5.14 Å². The molecule has 0 aliphatic heterocycles. The van der Waals surface area contributed by atoms with Crippen LogP contribution in [-0.4, -0.2) is 8.76 Å². The average molecular weight is 200 g/mol. The van der Waals surface area contributed by atoms with E-state index >= 15 is 0 Å². The van der Waals surface area contributed by atoms with E-state index in [2.05, 4.69) is 42.4 Å². The Morgan fingerprint density at radius 3 is 2.23 bits per heavy atom. The summed E-state index contributed by atoms with van der Waals surface area (Å²) in [6, 6.07) is 10.6. The Labute approximate surface area is 81.4 Å². The highest BCUT2D eigenvalue weighted by atomic mass is 32.2. The van der Waals surface area contributed by atoms with Crippen LogP contribution in [0.3, 0.4) is 0 Å². The molecule has 1 atom stereocenters. The lowest BCUT2D eigenvalue weighted by Crippen LogP contribution is -1.97. The molecule has 0 radical (unpaired) electrons. The minimum absolute atomic E-state index is 1.21. The van der Waals surface area contributed by atoms with E-state index in [0.29, 0.717) is 0 Å². The second-order valence-electron chi connectivity index (χ2n) is 2.50. The SMILES string of the molecule is CCCc1ccccc1.NS(=O)[O-]. The Balaban J connectivity index is 0.000000310. The van der Waals surface area contributed by atoms with Crippen molar-refractivity contribution in [3.8, 4) is 0 Å². The third-order valence-corrected chi connectivity index (χ3v) is 1.38. The number of benzene rings is 1. The van der Waals surface area contributed by atoms with Crippen LogP contribution in [0.25, 0.3) is 0 Å². The first-order valence-corrected chi connectivity index (χ1v) is 5.18. The Kier molecular flexibility index (Phi) is 7.48. The predicted octanol–water partition coefficient (Wildman–Crippen LogP) is 1.38. The molecule has 0 saturated heterocycles. The van der Waals surface area contributed by atoms with E-state index in [-0.39, 0.29) is 0 Å². The van der Waals surface area contributed by atoms with Crippen molar-refractivity contribution in [2.75, 3.05) is 0 Å². The Hall–Kier alpha value is -0.710. The molecule has 0 bridgehead atoms. The molecule has 0 amide bonds. The monoisotopic (exact) mass is 200 g/mol. The lowest BCUT2D eigenvalue weighted by molar-refractivity contribution is 0.539. The topological polar surface area (TPSA) is 66.2 Å². The summed E-state index contributed by atoms with van der Waals surface area (Å²) >= 11 is -2.36. The van der Waals surface area contributed by atoms with Crippen molar-refractivity contribution in [1.82, 2.24) is 0 Å². The van der Waals surface area contributed by atoms with Gasteiger partial charge in [-0.25, -0.2) is 0 Å². The fraction of sp³-hybridized carbons (Fsp3) is 0.333. The largest absolute Gasteiger partial charge is 0.760 e. The highest BCUT2D eigenvalue weighted by molar-refractivity contribution is 7.76. The molecule has 0 aliphatic carbocycles. The molecule has 1 aromatic rings. The molecule has 74 valence electrons. The first-order valence-electron chi connectivity index (χ1n) is 4.04. The maximum Gasteiger partial charge on any atom is 0.0152 e. The van der Waals surface area contributed by atoms with E-state index in [1.165, 1.54) is 18.4 Å². The predicted molar refractivity (Wildman–Crippen MR) is 53.5 cm³/mol. The fourth-order valence-electron chi connectivity index (χ4n) is 0.933. The molecule has 0 saturated carbocycles. The van der Waals surface area contributed by atoms with Crippen LogP contribution in [0.15, 0.2) is 30.3 Å². The molecule has 3 nitrogen and oxygen atoms in total. The molecule has 4 heteroatoms. The number of hydrogen-bond acceptors (Lipinski definition) is 2. The van der Waals surface area contributed by atoms with Crippen molar-refractivity contribution >= 4 is 11.3 Å². The summed E-state index contributed by atoms with van der Waals surface area (Å²) in [4.78, 5) is 0. The quantitative estimate of drug-likeness (QED) is 0.733. The summed E-state index contributed by atoms with van der Waals surface area (Å²) in [5.41, 5.74) is 1.44. The number of rotatable bonds is 2. The van der Waals surface area contributed by atoms with Crippen LogP contribution >= 0.6 is 0 Å². The van der Waals surface area contributed by atoms with E-state index in [9.17, 15) is 0 Å². The molecular weight excluding hydrogens is 186 g/mol. The summed E-state index contributed by atoms with van der Waals surface area (Å²) in [5, 5.41) is 4.03. The van der Waals surface area contributed by atoms with E-state index < -0.39 is 11.3 Å². The van der Waals surface area contributed by atoms with Gasteiger partial charge in [0.1, 0.15) is 0 Å². The van der Waals surface area contributed by atoms with Crippen molar-refractivity contribution in [3.63, 3.8) is 0 Å². The van der Waals surface area contributed by atoms with Gasteiger partial charge in [0.25, 0.3) is 0 Å². The molecule has 1 rings (SSSR count). The molecule has 0 spiro atoms. The van der Waals surface area contributed by atoms with Crippen molar-refractivity contribution in [2.45, 2.75) is 19.8 Å². The van der Waals surface area contributed by atoms with Crippen LogP contribution in [0.2, 0.25) is 0 Å². The lowest BCUT2D eigenvalue weighted by Gasteiger charge is -1.93. The third-order valence-electron chi connectivity index (χ3n) is 1.38. The van der Waals surface area contributed by atoms with Gasteiger partial charge in [-0.15, -0.1) is 0 Å². The summed E-state index contributed by atoms with van der Waals surface area (Å²) in [6.45, 7) is 2.20. The zero-order valence-corrected chi connectivity index (χ0v) is 8.42. The van der Waals surface area contributed by atoms with Gasteiger partial charge in [0.2, 0.25) is 0 Å². The molecule has 1 aromatic carbocycles. The Morgan fingerprint density at radius 1 is 1.38 bits per heavy atom. The molecule has 0 heterocycles. The van der Waals surface area contributed by atoms with Crippen LogP contribution in [0.5, 0.6) is 0 Å². The van der Waals surface area contributed by atoms with Gasteiger partial charge in [-0.2, -0.15) is 0 Å². The van der Waals surface area contributed by atoms with Crippen LogP contribution in [-0.2, 0) is 17.7 Å². The lowest BCUT2D eigenvalue weighted by atomic mass is 10.1. The smallest absolute Gasteiger partial charge is 0.0152 e. The van der Waals surface area contributed by atoms with E-state index in [0.717, 1.165) is 0 Å². The number of aryl methyl sites for hydroxylation is 1. The maximum absolute atomic E-state index is 8.78. The van der Waals surface area contributed by atoms with E-state index in [4.69, 9.17) is 8.76 Å². The van der Waals surface area contributed by atoms with Gasteiger partial charge in [-0.05, 0) is 12.0 Å². The molecule has 0 fully saturated rings. The van der Waals surface area contributed by atoms with Crippen LogP contribution < -0.4 is 5.14 Å². The Morgan fingerprint density at radius 2 is 1.85 bits per heavy atom. The molecule has 1 unspecified atom stereocenters. The van der Waals surface area contributed by atoms with E-state index in [1.54, 1.807) is 0 Å². The summed E-state index contributed by atoms with van der Waals surface area (Å²) in [7, 11) is 0. The summed E-state index contributed by atoms with van der Waals surface area (Å²) < 4.78 is 17.6. The number of nitrogens with two attached hydrogens (primary N) is 1. The minimum atomic E-state index is -2.36. The fourth-order valence-corrected chi connectivity index (χ4v) is 0.933. The second-order valence-corrected chi connectivity index (χ2v) is 3.02. The molecule has 0 aliphatic rings. The average Bonchev–Trinajstić information content (AvgIpc) is 2.06. The van der Waals surface area contributed by atoms with Crippen molar-refractivity contribution in [1.29, 1.82) is 0 Å². The molecular formula is C9H14NO2S-. The second kappa shape index (κ2) is 7.91. The van der Waals surface area contributed by atoms with Gasteiger partial charge in [0.15, 0.2) is 0 Å². The van der Waals surface area contributed by atoms with Crippen LogP contribution in [0, 0.1) is 0 Å². The summed E-state index contributed by atoms with van der Waals surface area (Å²) in [6.07, 6.45) is 2.45. The molecule has 13 heavy (non-hydrogen) atoms. The van der Waals surface area contributed by atoms with E-state index in [1.807, 2.05) is 0 Å². The van der Waals surface area contributed by atoms with Gasteiger partial charge in [0.05, 0.1) is 0 Å². The van der Waals surface area contributed by atoms with Crippen molar-refractivity contribution < 1.29 is 8.76 Å². The van der Waals surface area contributed by atoms with Crippen molar-refractivity contribution in [3.05, 3.63) is 35.9 Å². The van der Waals surface area contributed by atoms with Gasteiger partial charge in [-0.1, -0.05) is 43.7 Å². The minimum Gasteiger partial charge on any atom is -0.760 e. The van der Waals surface area contributed by atoms with Crippen LogP contribution in [0.1, 0.15) is 18.9 Å². The highest BCUT2D eigenvalue weighted by Gasteiger charge is 1.84. The zero-order chi connectivity index (χ0) is 10.1. The van der Waals surface area contributed by atoms with Gasteiger partial charge < -0.3 is 4.55 Å².